The maximum atomic E-state index is 13.6. The lowest BCUT2D eigenvalue weighted by atomic mass is 10.0. The molecular formula is C12H16ClFN2. The minimum atomic E-state index is -0.247. The first-order chi connectivity index (χ1) is 7.70. The first kappa shape index (κ1) is 11.8. The quantitative estimate of drug-likeness (QED) is 0.615. The molecule has 1 unspecified atom stereocenters. The van der Waals surface area contributed by atoms with Crippen LogP contribution in [0.1, 0.15) is 37.3 Å². The number of nitrogens with two attached hydrogens (primary N) is 1. The van der Waals surface area contributed by atoms with Gasteiger partial charge < -0.3 is 0 Å². The molecule has 0 aliphatic heterocycles. The highest BCUT2D eigenvalue weighted by molar-refractivity contribution is 6.30. The Morgan fingerprint density at radius 1 is 1.50 bits per heavy atom. The van der Waals surface area contributed by atoms with Crippen molar-refractivity contribution >= 4 is 11.6 Å². The zero-order valence-electron chi connectivity index (χ0n) is 9.05. The van der Waals surface area contributed by atoms with Crippen LogP contribution in [0.25, 0.3) is 0 Å². The van der Waals surface area contributed by atoms with E-state index in [2.05, 4.69) is 5.43 Å². The van der Waals surface area contributed by atoms with Crippen molar-refractivity contribution in [2.75, 3.05) is 0 Å². The van der Waals surface area contributed by atoms with Gasteiger partial charge >= 0.3 is 0 Å². The lowest BCUT2D eigenvalue weighted by Crippen LogP contribution is -2.28. The molecule has 2 rings (SSSR count). The fourth-order valence-corrected chi connectivity index (χ4v) is 2.10. The summed E-state index contributed by atoms with van der Waals surface area (Å²) in [7, 11) is 0. The lowest BCUT2D eigenvalue weighted by Gasteiger charge is -2.17. The van der Waals surface area contributed by atoms with Crippen molar-refractivity contribution in [1.82, 2.24) is 5.43 Å². The average Bonchev–Trinajstić information content (AvgIpc) is 3.07. The summed E-state index contributed by atoms with van der Waals surface area (Å²) in [6.07, 6.45) is 4.56. The normalized spacial score (nSPS) is 17.4. The monoisotopic (exact) mass is 242 g/mol. The Morgan fingerprint density at radius 2 is 2.25 bits per heavy atom. The Bertz CT molecular complexity index is 366. The topological polar surface area (TPSA) is 38.0 Å². The Hall–Kier alpha value is -0.640. The SMILES string of the molecule is NNC(CCC1CC1)c1cc(Cl)ccc1F. The Morgan fingerprint density at radius 3 is 2.88 bits per heavy atom. The van der Waals surface area contributed by atoms with Gasteiger partial charge in [-0.05, 0) is 37.0 Å². The lowest BCUT2D eigenvalue weighted by molar-refractivity contribution is 0.460. The molecule has 1 fully saturated rings. The number of nitrogens with one attached hydrogen (secondary N) is 1. The minimum absolute atomic E-state index is 0.140. The largest absolute Gasteiger partial charge is 0.271 e. The second-order valence-electron chi connectivity index (χ2n) is 4.41. The third-order valence-electron chi connectivity index (χ3n) is 3.10. The summed E-state index contributed by atoms with van der Waals surface area (Å²) in [6.45, 7) is 0. The van der Waals surface area contributed by atoms with Crippen molar-refractivity contribution in [2.24, 2.45) is 11.8 Å². The van der Waals surface area contributed by atoms with E-state index >= 15 is 0 Å². The standard InChI is InChI=1S/C12H16ClFN2/c13-9-4-5-11(14)10(7-9)12(16-15)6-3-8-1-2-8/h4-5,7-8,12,16H,1-3,6,15H2. The van der Waals surface area contributed by atoms with E-state index in [4.69, 9.17) is 17.4 Å². The molecule has 0 saturated heterocycles. The van der Waals surface area contributed by atoms with Crippen LogP contribution >= 0.6 is 11.6 Å². The predicted molar refractivity (Wildman–Crippen MR) is 63.4 cm³/mol. The van der Waals surface area contributed by atoms with E-state index < -0.39 is 0 Å². The van der Waals surface area contributed by atoms with Crippen LogP contribution in [-0.2, 0) is 0 Å². The minimum Gasteiger partial charge on any atom is -0.271 e. The van der Waals surface area contributed by atoms with Crippen molar-refractivity contribution < 1.29 is 4.39 Å². The zero-order chi connectivity index (χ0) is 11.5. The van der Waals surface area contributed by atoms with Crippen LogP contribution in [0.15, 0.2) is 18.2 Å². The summed E-state index contributed by atoms with van der Waals surface area (Å²) in [5.41, 5.74) is 3.24. The highest BCUT2D eigenvalue weighted by Crippen LogP contribution is 2.36. The van der Waals surface area contributed by atoms with Crippen LogP contribution in [0.4, 0.5) is 4.39 Å². The van der Waals surface area contributed by atoms with Gasteiger partial charge in [-0.2, -0.15) is 0 Å². The van der Waals surface area contributed by atoms with E-state index in [-0.39, 0.29) is 11.9 Å². The summed E-state index contributed by atoms with van der Waals surface area (Å²) in [5.74, 6) is 6.04. The fraction of sp³-hybridized carbons (Fsp3) is 0.500. The average molecular weight is 243 g/mol. The smallest absolute Gasteiger partial charge is 0.128 e. The van der Waals surface area contributed by atoms with Gasteiger partial charge in [0.2, 0.25) is 0 Å². The molecule has 2 nitrogen and oxygen atoms in total. The van der Waals surface area contributed by atoms with E-state index in [1.165, 1.54) is 18.9 Å². The predicted octanol–water partition coefficient (Wildman–Crippen LogP) is 3.17. The summed E-state index contributed by atoms with van der Waals surface area (Å²) < 4.78 is 13.6. The van der Waals surface area contributed by atoms with E-state index in [0.717, 1.165) is 18.8 Å². The number of hydrogen-bond donors (Lipinski definition) is 2. The van der Waals surface area contributed by atoms with Crippen LogP contribution in [0.3, 0.4) is 0 Å². The van der Waals surface area contributed by atoms with Gasteiger partial charge in [0.1, 0.15) is 5.82 Å². The van der Waals surface area contributed by atoms with Crippen LogP contribution in [-0.4, -0.2) is 0 Å². The second kappa shape index (κ2) is 5.13. The Kier molecular flexibility index (Phi) is 3.79. The Balaban J connectivity index is 2.07. The maximum absolute atomic E-state index is 13.6. The molecule has 88 valence electrons. The highest BCUT2D eigenvalue weighted by atomic mass is 35.5. The van der Waals surface area contributed by atoms with Gasteiger partial charge in [0, 0.05) is 16.6 Å². The van der Waals surface area contributed by atoms with Crippen molar-refractivity contribution in [3.05, 3.63) is 34.6 Å². The number of rotatable bonds is 5. The number of hydrogen-bond acceptors (Lipinski definition) is 2. The number of hydrazine groups is 1. The molecule has 0 spiro atoms. The molecule has 16 heavy (non-hydrogen) atoms. The van der Waals surface area contributed by atoms with Crippen LogP contribution < -0.4 is 11.3 Å². The summed E-state index contributed by atoms with van der Waals surface area (Å²) in [5, 5.41) is 0.545. The molecular weight excluding hydrogens is 227 g/mol. The maximum Gasteiger partial charge on any atom is 0.128 e. The molecule has 3 N–H and O–H groups in total. The van der Waals surface area contributed by atoms with Crippen LogP contribution in [0.2, 0.25) is 5.02 Å². The van der Waals surface area contributed by atoms with Crippen LogP contribution in [0.5, 0.6) is 0 Å². The van der Waals surface area contributed by atoms with Gasteiger partial charge in [-0.15, -0.1) is 0 Å². The van der Waals surface area contributed by atoms with E-state index in [9.17, 15) is 4.39 Å². The first-order valence-corrected chi connectivity index (χ1v) is 5.99. The molecule has 4 heteroatoms. The van der Waals surface area contributed by atoms with Crippen molar-refractivity contribution in [3.8, 4) is 0 Å². The molecule has 0 bridgehead atoms. The second-order valence-corrected chi connectivity index (χ2v) is 4.84. The molecule has 0 amide bonds. The van der Waals surface area contributed by atoms with Crippen molar-refractivity contribution in [3.63, 3.8) is 0 Å². The van der Waals surface area contributed by atoms with E-state index in [0.29, 0.717) is 10.6 Å². The fourth-order valence-electron chi connectivity index (χ4n) is 1.92. The van der Waals surface area contributed by atoms with Gasteiger partial charge in [0.05, 0.1) is 0 Å². The van der Waals surface area contributed by atoms with Gasteiger partial charge in [0.15, 0.2) is 0 Å². The van der Waals surface area contributed by atoms with Gasteiger partial charge in [0.25, 0.3) is 0 Å². The van der Waals surface area contributed by atoms with E-state index in [1.807, 2.05) is 0 Å². The van der Waals surface area contributed by atoms with Gasteiger partial charge in [-0.1, -0.05) is 24.4 Å². The molecule has 1 saturated carbocycles. The first-order valence-electron chi connectivity index (χ1n) is 5.62. The number of halogens is 2. The van der Waals surface area contributed by atoms with Gasteiger partial charge in [-0.3, -0.25) is 11.3 Å². The molecule has 0 heterocycles. The number of benzene rings is 1. The third kappa shape index (κ3) is 2.94. The molecule has 0 radical (unpaired) electrons. The Labute approximate surface area is 99.9 Å². The third-order valence-corrected chi connectivity index (χ3v) is 3.33. The summed E-state index contributed by atoms with van der Waals surface area (Å²) >= 11 is 5.86. The van der Waals surface area contributed by atoms with Gasteiger partial charge in [-0.25, -0.2) is 4.39 Å². The molecule has 1 aromatic rings. The van der Waals surface area contributed by atoms with E-state index in [1.54, 1.807) is 12.1 Å². The van der Waals surface area contributed by atoms with Crippen LogP contribution in [0, 0.1) is 11.7 Å². The summed E-state index contributed by atoms with van der Waals surface area (Å²) in [6, 6.07) is 4.45. The summed E-state index contributed by atoms with van der Waals surface area (Å²) in [4.78, 5) is 0. The van der Waals surface area contributed by atoms with Crippen molar-refractivity contribution in [2.45, 2.75) is 31.7 Å². The molecule has 1 aromatic carbocycles. The molecule has 1 aliphatic rings. The molecule has 0 aromatic heterocycles. The highest BCUT2D eigenvalue weighted by Gasteiger charge is 2.23. The molecule has 1 aliphatic carbocycles. The van der Waals surface area contributed by atoms with Crippen molar-refractivity contribution in [1.29, 1.82) is 0 Å². The molecule has 1 atom stereocenters. The zero-order valence-corrected chi connectivity index (χ0v) is 9.80.